The van der Waals surface area contributed by atoms with Gasteiger partial charge in [0.1, 0.15) is 0 Å². The largest absolute Gasteiger partial charge is 0.788 e. The van der Waals surface area contributed by atoms with Crippen LogP contribution in [0.2, 0.25) is 0 Å². The Bertz CT molecular complexity index is 155. The molecule has 0 aliphatic heterocycles. The van der Waals surface area contributed by atoms with Gasteiger partial charge in [0.15, 0.2) is 0 Å². The van der Waals surface area contributed by atoms with Crippen LogP contribution in [0.3, 0.4) is 0 Å². The molecule has 0 unspecified atom stereocenters. The molecule has 128 valence electrons. The minimum atomic E-state index is 0.638. The number of unbranched alkanes of at least 4 members (excludes halogenated alkanes) is 16. The van der Waals surface area contributed by atoms with Gasteiger partial charge in [0.25, 0.3) is 0 Å². The van der Waals surface area contributed by atoms with Gasteiger partial charge in [-0.2, -0.15) is 0 Å². The highest BCUT2D eigenvalue weighted by Gasteiger charge is 1.94. The van der Waals surface area contributed by atoms with Crippen LogP contribution in [0.15, 0.2) is 0 Å². The van der Waals surface area contributed by atoms with Crippen molar-refractivity contribution in [3.05, 3.63) is 5.21 Å². The first kappa shape index (κ1) is 20.9. The van der Waals surface area contributed by atoms with Gasteiger partial charge in [-0.1, -0.05) is 110 Å². The quantitative estimate of drug-likeness (QED) is 0.225. The third-order valence-corrected chi connectivity index (χ3v) is 4.38. The molecule has 0 aromatic rings. The standard InChI is InChI=1S/C19H40NO/c1-2-3-4-5-6-7-8-9-10-11-12-13-14-15-16-17-18-19-20-21/h20H,2-19H2,1H3/q-1. The Morgan fingerprint density at radius 2 is 0.762 bits per heavy atom. The van der Waals surface area contributed by atoms with Crippen LogP contribution in [0.5, 0.6) is 0 Å². The van der Waals surface area contributed by atoms with Gasteiger partial charge in [0.05, 0.1) is 0 Å². The van der Waals surface area contributed by atoms with E-state index in [1.54, 1.807) is 0 Å². The van der Waals surface area contributed by atoms with Crippen LogP contribution in [-0.2, 0) is 0 Å². The summed E-state index contributed by atoms with van der Waals surface area (Å²) in [6, 6.07) is 0. The third-order valence-electron chi connectivity index (χ3n) is 4.38. The average molecular weight is 299 g/mol. The first-order valence-corrected chi connectivity index (χ1v) is 9.76. The highest BCUT2D eigenvalue weighted by atomic mass is 16.5. The summed E-state index contributed by atoms with van der Waals surface area (Å²) in [5.41, 5.74) is 1.97. The number of rotatable bonds is 18. The van der Waals surface area contributed by atoms with E-state index >= 15 is 0 Å². The summed E-state index contributed by atoms with van der Waals surface area (Å²) in [6.45, 7) is 2.92. The van der Waals surface area contributed by atoms with E-state index in [1.165, 1.54) is 103 Å². The topological polar surface area (TPSA) is 35.1 Å². The summed E-state index contributed by atoms with van der Waals surface area (Å²) in [6.07, 6.45) is 23.6. The van der Waals surface area contributed by atoms with E-state index in [4.69, 9.17) is 0 Å². The van der Waals surface area contributed by atoms with Crippen molar-refractivity contribution in [2.24, 2.45) is 0 Å². The fourth-order valence-electron chi connectivity index (χ4n) is 2.92. The first-order chi connectivity index (χ1) is 10.4. The second-order valence-corrected chi connectivity index (χ2v) is 6.55. The van der Waals surface area contributed by atoms with Gasteiger partial charge in [-0.15, -0.1) is 0 Å². The van der Waals surface area contributed by atoms with Crippen molar-refractivity contribution in [3.8, 4) is 0 Å². The zero-order valence-corrected chi connectivity index (χ0v) is 14.6. The van der Waals surface area contributed by atoms with Crippen LogP contribution in [0, 0.1) is 5.21 Å². The van der Waals surface area contributed by atoms with Crippen molar-refractivity contribution < 1.29 is 0 Å². The van der Waals surface area contributed by atoms with E-state index in [1.807, 2.05) is 5.48 Å². The monoisotopic (exact) mass is 298 g/mol. The zero-order valence-electron chi connectivity index (χ0n) is 14.6. The second-order valence-electron chi connectivity index (χ2n) is 6.55. The van der Waals surface area contributed by atoms with Crippen molar-refractivity contribution in [2.45, 2.75) is 116 Å². The molecule has 0 aromatic heterocycles. The van der Waals surface area contributed by atoms with Gasteiger partial charge in [-0.05, 0) is 13.0 Å². The Labute approximate surface area is 134 Å². The number of hydroxylamine groups is 1. The van der Waals surface area contributed by atoms with Gasteiger partial charge in [-0.25, -0.2) is 0 Å². The molecule has 0 rings (SSSR count). The Hall–Kier alpha value is -0.0800. The molecule has 0 bridgehead atoms. The van der Waals surface area contributed by atoms with Gasteiger partial charge < -0.3 is 10.7 Å². The van der Waals surface area contributed by atoms with Crippen molar-refractivity contribution in [1.29, 1.82) is 0 Å². The summed E-state index contributed by atoms with van der Waals surface area (Å²) < 4.78 is 0. The molecule has 0 fully saturated rings. The smallest absolute Gasteiger partial charge is 0.0170 e. The van der Waals surface area contributed by atoms with Crippen LogP contribution in [0.1, 0.15) is 116 Å². The molecule has 0 heterocycles. The molecule has 0 radical (unpaired) electrons. The van der Waals surface area contributed by atoms with Gasteiger partial charge >= 0.3 is 0 Å². The lowest BCUT2D eigenvalue weighted by atomic mass is 10.0. The van der Waals surface area contributed by atoms with Crippen molar-refractivity contribution >= 4 is 0 Å². The molecule has 2 heteroatoms. The molecule has 0 spiro atoms. The molecule has 0 aliphatic carbocycles. The van der Waals surface area contributed by atoms with E-state index in [2.05, 4.69) is 6.92 Å². The lowest BCUT2D eigenvalue weighted by Crippen LogP contribution is -2.04. The predicted octanol–water partition coefficient (Wildman–Crippen LogP) is 6.73. The van der Waals surface area contributed by atoms with Crippen LogP contribution in [0.4, 0.5) is 0 Å². The van der Waals surface area contributed by atoms with Crippen LogP contribution < -0.4 is 5.48 Å². The lowest BCUT2D eigenvalue weighted by Gasteiger charge is -2.06. The van der Waals surface area contributed by atoms with Gasteiger partial charge in [0, 0.05) is 0 Å². The summed E-state index contributed by atoms with van der Waals surface area (Å²) in [4.78, 5) is 0. The zero-order chi connectivity index (χ0) is 15.4. The Morgan fingerprint density at radius 1 is 0.476 bits per heavy atom. The molecular formula is C19H40NO-. The summed E-state index contributed by atoms with van der Waals surface area (Å²) in [5.74, 6) is 0. The minimum absolute atomic E-state index is 0.638. The summed E-state index contributed by atoms with van der Waals surface area (Å²) in [7, 11) is 0. The molecule has 1 N–H and O–H groups in total. The van der Waals surface area contributed by atoms with E-state index in [9.17, 15) is 5.21 Å². The fourth-order valence-corrected chi connectivity index (χ4v) is 2.92. The molecular weight excluding hydrogens is 258 g/mol. The maximum absolute atomic E-state index is 10.0. The summed E-state index contributed by atoms with van der Waals surface area (Å²) >= 11 is 0. The molecule has 0 aliphatic rings. The van der Waals surface area contributed by atoms with E-state index in [0.29, 0.717) is 6.54 Å². The number of nitrogens with one attached hydrogen (secondary N) is 1. The second kappa shape index (κ2) is 19.9. The molecule has 21 heavy (non-hydrogen) atoms. The Kier molecular flexibility index (Phi) is 19.8. The number of hydrogen-bond acceptors (Lipinski definition) is 2. The SMILES string of the molecule is CCCCCCCCCCCCCCCCCCCN[O-]. The van der Waals surface area contributed by atoms with E-state index in [-0.39, 0.29) is 0 Å². The molecule has 0 aromatic carbocycles. The highest BCUT2D eigenvalue weighted by Crippen LogP contribution is 2.13. The normalized spacial score (nSPS) is 11.1. The maximum Gasteiger partial charge on any atom is -0.0170 e. The predicted molar refractivity (Wildman–Crippen MR) is 95.5 cm³/mol. The van der Waals surface area contributed by atoms with Crippen molar-refractivity contribution in [3.63, 3.8) is 0 Å². The van der Waals surface area contributed by atoms with Gasteiger partial charge in [-0.3, -0.25) is 0 Å². The molecule has 0 atom stereocenters. The van der Waals surface area contributed by atoms with Crippen LogP contribution >= 0.6 is 0 Å². The van der Waals surface area contributed by atoms with Crippen molar-refractivity contribution in [1.82, 2.24) is 5.48 Å². The highest BCUT2D eigenvalue weighted by molar-refractivity contribution is 4.51. The number of hydrogen-bond donors (Lipinski definition) is 1. The van der Waals surface area contributed by atoms with E-state index < -0.39 is 0 Å². The van der Waals surface area contributed by atoms with Crippen LogP contribution in [-0.4, -0.2) is 6.54 Å². The third kappa shape index (κ3) is 19.9. The van der Waals surface area contributed by atoms with Crippen LogP contribution in [0.25, 0.3) is 0 Å². The Morgan fingerprint density at radius 3 is 1.05 bits per heavy atom. The lowest BCUT2D eigenvalue weighted by molar-refractivity contribution is 0.526. The van der Waals surface area contributed by atoms with Gasteiger partial charge in [0.2, 0.25) is 0 Å². The average Bonchev–Trinajstić information content (AvgIpc) is 2.50. The minimum Gasteiger partial charge on any atom is -0.788 e. The fraction of sp³-hybridized carbons (Fsp3) is 1.00. The molecule has 0 amide bonds. The molecule has 2 nitrogen and oxygen atoms in total. The first-order valence-electron chi connectivity index (χ1n) is 9.76. The molecule has 0 saturated heterocycles. The maximum atomic E-state index is 10.0. The molecule has 0 saturated carbocycles. The summed E-state index contributed by atoms with van der Waals surface area (Å²) in [5, 5.41) is 10.0. The van der Waals surface area contributed by atoms with E-state index in [0.717, 1.165) is 6.42 Å². The van der Waals surface area contributed by atoms with Crippen molar-refractivity contribution in [2.75, 3.05) is 6.54 Å². The Balaban J connectivity index is 2.90.